The lowest BCUT2D eigenvalue weighted by atomic mass is 9.87. The Labute approximate surface area is 218 Å². The van der Waals surface area contributed by atoms with Crippen molar-refractivity contribution in [3.8, 4) is 0 Å². The first-order chi connectivity index (χ1) is 17.6. The highest BCUT2D eigenvalue weighted by atomic mass is 16.2. The average Bonchev–Trinajstić information content (AvgIpc) is 3.71. The molecule has 7 nitrogen and oxygen atoms in total. The number of carbonyl (C=O) groups excluding carboxylic acids is 2. The zero-order valence-corrected chi connectivity index (χ0v) is 22.3. The van der Waals surface area contributed by atoms with Crippen LogP contribution in [0.5, 0.6) is 0 Å². The molecule has 0 atom stereocenters. The Morgan fingerprint density at radius 3 is 2.49 bits per heavy atom. The first-order valence-corrected chi connectivity index (χ1v) is 13.0. The molecule has 2 heterocycles. The maximum Gasteiger partial charge on any atom is 0.229 e. The molecule has 0 bridgehead atoms. The number of hydrogen-bond acceptors (Lipinski definition) is 6. The molecule has 1 aliphatic heterocycles. The Kier molecular flexibility index (Phi) is 6.48. The van der Waals surface area contributed by atoms with E-state index in [4.69, 9.17) is 4.98 Å². The van der Waals surface area contributed by atoms with Crippen LogP contribution in [-0.4, -0.2) is 35.3 Å². The number of rotatable bonds is 6. The molecular formula is C30H35N5O2. The summed E-state index contributed by atoms with van der Waals surface area (Å²) in [5.74, 6) is 1.79. The third kappa shape index (κ3) is 5.36. The van der Waals surface area contributed by atoms with E-state index in [0.29, 0.717) is 42.6 Å². The van der Waals surface area contributed by atoms with Gasteiger partial charge >= 0.3 is 0 Å². The fraction of sp³-hybridized carbons (Fsp3) is 0.400. The van der Waals surface area contributed by atoms with Crippen LogP contribution in [0.1, 0.15) is 56.7 Å². The Morgan fingerprint density at radius 2 is 1.84 bits per heavy atom. The van der Waals surface area contributed by atoms with E-state index in [0.717, 1.165) is 35.3 Å². The summed E-state index contributed by atoms with van der Waals surface area (Å²) in [4.78, 5) is 38.1. The van der Waals surface area contributed by atoms with Gasteiger partial charge in [-0.3, -0.25) is 9.59 Å². The minimum atomic E-state index is 0.0336. The number of aromatic nitrogens is 2. The van der Waals surface area contributed by atoms with Crippen LogP contribution in [-0.2, 0) is 21.4 Å². The SMILES string of the molecule is Cc1cc(Nc2ncc3c(n2)N(c2ccc(C(C)(C)C)cc2)CCC(=O)N3C)ccc1CC(=O)C1CC1. The molecule has 1 aromatic heterocycles. The van der Waals surface area contributed by atoms with Gasteiger partial charge in [-0.15, -0.1) is 0 Å². The van der Waals surface area contributed by atoms with Gasteiger partial charge in [0.2, 0.25) is 11.9 Å². The number of anilines is 5. The molecule has 1 fully saturated rings. The minimum absolute atomic E-state index is 0.0336. The van der Waals surface area contributed by atoms with Crippen molar-refractivity contribution in [2.24, 2.45) is 5.92 Å². The van der Waals surface area contributed by atoms with Gasteiger partial charge in [0.25, 0.3) is 0 Å². The summed E-state index contributed by atoms with van der Waals surface area (Å²) in [7, 11) is 1.77. The summed E-state index contributed by atoms with van der Waals surface area (Å²) in [5, 5.41) is 3.32. The van der Waals surface area contributed by atoms with Crippen molar-refractivity contribution in [1.82, 2.24) is 9.97 Å². The molecule has 0 saturated heterocycles. The largest absolute Gasteiger partial charge is 0.324 e. The van der Waals surface area contributed by atoms with E-state index in [-0.39, 0.29) is 17.2 Å². The Morgan fingerprint density at radius 1 is 1.11 bits per heavy atom. The molecule has 1 aliphatic carbocycles. The van der Waals surface area contributed by atoms with Gasteiger partial charge in [-0.1, -0.05) is 39.0 Å². The van der Waals surface area contributed by atoms with E-state index in [2.05, 4.69) is 60.2 Å². The van der Waals surface area contributed by atoms with Crippen molar-refractivity contribution >= 4 is 40.5 Å². The van der Waals surface area contributed by atoms with E-state index < -0.39 is 0 Å². The second kappa shape index (κ2) is 9.61. The number of amides is 1. The van der Waals surface area contributed by atoms with Gasteiger partial charge in [0.1, 0.15) is 11.5 Å². The van der Waals surface area contributed by atoms with Crippen molar-refractivity contribution in [2.75, 3.05) is 28.7 Å². The van der Waals surface area contributed by atoms with Crippen LogP contribution in [0, 0.1) is 12.8 Å². The van der Waals surface area contributed by atoms with Crippen molar-refractivity contribution in [1.29, 1.82) is 0 Å². The predicted molar refractivity (Wildman–Crippen MR) is 148 cm³/mol. The van der Waals surface area contributed by atoms with Gasteiger partial charge in [0, 0.05) is 43.7 Å². The monoisotopic (exact) mass is 497 g/mol. The molecule has 0 radical (unpaired) electrons. The topological polar surface area (TPSA) is 78.4 Å². The highest BCUT2D eigenvalue weighted by Crippen LogP contribution is 2.37. The van der Waals surface area contributed by atoms with E-state index in [1.165, 1.54) is 5.56 Å². The molecule has 3 aromatic rings. The van der Waals surface area contributed by atoms with Gasteiger partial charge in [-0.25, -0.2) is 4.98 Å². The lowest BCUT2D eigenvalue weighted by Gasteiger charge is -2.26. The van der Waals surface area contributed by atoms with E-state index in [9.17, 15) is 9.59 Å². The van der Waals surface area contributed by atoms with Crippen LogP contribution in [0.15, 0.2) is 48.7 Å². The van der Waals surface area contributed by atoms with Crippen molar-refractivity contribution in [3.05, 3.63) is 65.4 Å². The maximum absolute atomic E-state index is 12.7. The molecule has 7 heteroatoms. The summed E-state index contributed by atoms with van der Waals surface area (Å²) in [6, 6.07) is 14.5. The molecule has 2 aromatic carbocycles. The van der Waals surface area contributed by atoms with Crippen LogP contribution >= 0.6 is 0 Å². The number of fused-ring (bicyclic) bond motifs is 1. The van der Waals surface area contributed by atoms with Gasteiger partial charge in [0.15, 0.2) is 5.82 Å². The fourth-order valence-corrected chi connectivity index (χ4v) is 4.71. The molecule has 1 amide bonds. The summed E-state index contributed by atoms with van der Waals surface area (Å²) in [5.41, 5.74) is 5.97. The number of aryl methyl sites for hydroxylation is 1. The standard InChI is InChI=1S/C30H35N5O2/c1-19-16-23(11-8-21(19)17-26(36)20-6-7-20)32-29-31-18-25-28(33-29)35(15-14-27(37)34(25)5)24-12-9-22(10-13-24)30(2,3)4/h8-13,16,18,20H,6-7,14-15,17H2,1-5H3,(H,31,32,33). The summed E-state index contributed by atoms with van der Waals surface area (Å²) in [6.07, 6.45) is 4.66. The molecule has 1 saturated carbocycles. The van der Waals surface area contributed by atoms with Crippen LogP contribution < -0.4 is 15.1 Å². The summed E-state index contributed by atoms with van der Waals surface area (Å²) >= 11 is 0. The average molecular weight is 498 g/mol. The zero-order valence-electron chi connectivity index (χ0n) is 22.3. The van der Waals surface area contributed by atoms with Gasteiger partial charge in [0.05, 0.1) is 6.20 Å². The fourth-order valence-electron chi connectivity index (χ4n) is 4.71. The summed E-state index contributed by atoms with van der Waals surface area (Å²) < 4.78 is 0. The number of nitrogens with one attached hydrogen (secondary N) is 1. The van der Waals surface area contributed by atoms with Gasteiger partial charge in [-0.05, 0) is 66.1 Å². The molecule has 0 spiro atoms. The lowest BCUT2D eigenvalue weighted by Crippen LogP contribution is -2.25. The Bertz CT molecular complexity index is 1340. The smallest absolute Gasteiger partial charge is 0.229 e. The third-order valence-electron chi connectivity index (χ3n) is 7.33. The second-order valence-corrected chi connectivity index (χ2v) is 11.2. The molecule has 5 rings (SSSR count). The van der Waals surface area contributed by atoms with Crippen molar-refractivity contribution < 1.29 is 9.59 Å². The lowest BCUT2D eigenvalue weighted by molar-refractivity contribution is -0.119. The highest BCUT2D eigenvalue weighted by molar-refractivity contribution is 5.98. The molecule has 0 unspecified atom stereocenters. The Balaban J connectivity index is 1.43. The van der Waals surface area contributed by atoms with Crippen LogP contribution in [0.25, 0.3) is 0 Å². The molecule has 2 aliphatic rings. The van der Waals surface area contributed by atoms with Crippen LogP contribution in [0.4, 0.5) is 28.8 Å². The highest BCUT2D eigenvalue weighted by Gasteiger charge is 2.30. The Hall–Kier alpha value is -3.74. The van der Waals surface area contributed by atoms with E-state index in [1.54, 1.807) is 18.1 Å². The van der Waals surface area contributed by atoms with Crippen molar-refractivity contribution in [2.45, 2.75) is 58.8 Å². The molecular weight excluding hydrogens is 462 g/mol. The number of hydrogen-bond donors (Lipinski definition) is 1. The van der Waals surface area contributed by atoms with Crippen LogP contribution in [0.3, 0.4) is 0 Å². The number of benzene rings is 2. The minimum Gasteiger partial charge on any atom is -0.324 e. The first-order valence-electron chi connectivity index (χ1n) is 13.0. The molecule has 37 heavy (non-hydrogen) atoms. The zero-order chi connectivity index (χ0) is 26.3. The summed E-state index contributed by atoms with van der Waals surface area (Å²) in [6.45, 7) is 9.15. The van der Waals surface area contributed by atoms with E-state index >= 15 is 0 Å². The number of ketones is 1. The third-order valence-corrected chi connectivity index (χ3v) is 7.33. The number of nitrogens with zero attached hydrogens (tertiary/aromatic N) is 4. The number of carbonyl (C=O) groups is 2. The quantitative estimate of drug-likeness (QED) is 0.460. The number of Topliss-reactive ketones (excluding diaryl/α,β-unsaturated/α-hetero) is 1. The molecule has 192 valence electrons. The second-order valence-electron chi connectivity index (χ2n) is 11.2. The van der Waals surface area contributed by atoms with Gasteiger partial charge in [-0.2, -0.15) is 4.98 Å². The van der Waals surface area contributed by atoms with Gasteiger partial charge < -0.3 is 15.1 Å². The van der Waals surface area contributed by atoms with Crippen molar-refractivity contribution in [3.63, 3.8) is 0 Å². The predicted octanol–water partition coefficient (Wildman–Crippen LogP) is 5.85. The normalized spacial score (nSPS) is 15.9. The first kappa shape index (κ1) is 24.9. The maximum atomic E-state index is 12.7. The van der Waals surface area contributed by atoms with E-state index in [1.807, 2.05) is 25.1 Å². The van der Waals surface area contributed by atoms with Crippen LogP contribution in [0.2, 0.25) is 0 Å². The molecule has 1 N–H and O–H groups in total.